The van der Waals surface area contributed by atoms with E-state index in [1.807, 2.05) is 56.3 Å². The van der Waals surface area contributed by atoms with Crippen LogP contribution in [0.3, 0.4) is 0 Å². The van der Waals surface area contributed by atoms with E-state index in [9.17, 15) is 9.82 Å². The van der Waals surface area contributed by atoms with E-state index in [4.69, 9.17) is 0 Å². The van der Waals surface area contributed by atoms with Gasteiger partial charge >= 0.3 is 7.05 Å². The maximum atomic E-state index is 13.1. The highest BCUT2D eigenvalue weighted by Crippen LogP contribution is 2.18. The summed E-state index contributed by atoms with van der Waals surface area (Å²) in [5.74, 6) is 0.573. The number of benzene rings is 2. The molecule has 0 saturated heterocycles. The van der Waals surface area contributed by atoms with Crippen LogP contribution in [-0.2, 0) is 0 Å². The van der Waals surface area contributed by atoms with Crippen molar-refractivity contribution in [2.75, 3.05) is 0 Å². The Morgan fingerprint density at radius 1 is 1.17 bits per heavy atom. The van der Waals surface area contributed by atoms with Gasteiger partial charge in [0.15, 0.2) is 0 Å². The highest BCUT2D eigenvalue weighted by atomic mass is 16.2. The minimum absolute atomic E-state index is 0.112. The molecule has 1 atom stereocenters. The Hall–Kier alpha value is -2.44. The molecule has 0 spiro atoms. The molecule has 122 valence electrons. The van der Waals surface area contributed by atoms with Gasteiger partial charge in [0.25, 0.3) is 5.56 Å². The van der Waals surface area contributed by atoms with Crippen molar-refractivity contribution in [2.45, 2.75) is 26.7 Å². The van der Waals surface area contributed by atoms with Gasteiger partial charge in [-0.2, -0.15) is 0 Å². The molecule has 2 aromatic carbocycles. The molecular weight excluding hydrogens is 301 g/mol. The predicted octanol–water partition coefficient (Wildman–Crippen LogP) is 2.46. The SMILES string of the molecule is CB(O)N[C@H](C)c1nc2ccccc2c(=O)n1-c1ccc(C)cc1. The molecule has 6 heteroatoms. The van der Waals surface area contributed by atoms with E-state index in [2.05, 4.69) is 10.2 Å². The van der Waals surface area contributed by atoms with Crippen LogP contribution in [0.5, 0.6) is 0 Å². The van der Waals surface area contributed by atoms with E-state index in [0.717, 1.165) is 11.3 Å². The van der Waals surface area contributed by atoms with Crippen molar-refractivity contribution in [1.29, 1.82) is 0 Å². The Morgan fingerprint density at radius 3 is 2.50 bits per heavy atom. The Bertz CT molecular complexity index is 920. The zero-order valence-corrected chi connectivity index (χ0v) is 14.0. The van der Waals surface area contributed by atoms with Crippen molar-refractivity contribution in [2.24, 2.45) is 0 Å². The maximum absolute atomic E-state index is 13.1. The average Bonchev–Trinajstić information content (AvgIpc) is 2.55. The first-order valence-electron chi connectivity index (χ1n) is 8.00. The van der Waals surface area contributed by atoms with E-state index in [0.29, 0.717) is 16.7 Å². The van der Waals surface area contributed by atoms with Gasteiger partial charge in [0.2, 0.25) is 0 Å². The molecule has 5 nitrogen and oxygen atoms in total. The van der Waals surface area contributed by atoms with Gasteiger partial charge in [0, 0.05) is 0 Å². The van der Waals surface area contributed by atoms with Gasteiger partial charge < -0.3 is 10.3 Å². The summed E-state index contributed by atoms with van der Waals surface area (Å²) in [6.07, 6.45) is 0. The van der Waals surface area contributed by atoms with Crippen molar-refractivity contribution in [3.05, 3.63) is 70.3 Å². The van der Waals surface area contributed by atoms with Crippen LogP contribution in [-0.4, -0.2) is 21.6 Å². The number of hydrogen-bond acceptors (Lipinski definition) is 4. The van der Waals surface area contributed by atoms with Crippen LogP contribution in [0.2, 0.25) is 6.82 Å². The molecule has 1 heterocycles. The standard InChI is InChI=1S/C18H20BN3O2/c1-12-8-10-14(11-9-12)22-17(13(2)21-19(3)24)20-16-7-5-4-6-15(16)18(22)23/h4-11,13,21,24H,1-3H3/t13-/m1/s1. The minimum Gasteiger partial charge on any atom is -0.437 e. The number of fused-ring (bicyclic) bond motifs is 1. The van der Waals surface area contributed by atoms with Gasteiger partial charge in [-0.3, -0.25) is 9.36 Å². The van der Waals surface area contributed by atoms with Gasteiger partial charge in [0.05, 0.1) is 22.6 Å². The molecule has 0 unspecified atom stereocenters. The highest BCUT2D eigenvalue weighted by Gasteiger charge is 2.19. The third-order valence-corrected chi connectivity index (χ3v) is 3.97. The summed E-state index contributed by atoms with van der Waals surface area (Å²) in [5.41, 5.74) is 2.43. The van der Waals surface area contributed by atoms with Crippen LogP contribution in [0.4, 0.5) is 0 Å². The first kappa shape index (κ1) is 16.4. The van der Waals surface area contributed by atoms with Crippen LogP contribution in [0.1, 0.15) is 24.4 Å². The second kappa shape index (κ2) is 6.59. The highest BCUT2D eigenvalue weighted by molar-refractivity contribution is 6.45. The lowest BCUT2D eigenvalue weighted by Gasteiger charge is -2.20. The fourth-order valence-electron chi connectivity index (χ4n) is 2.82. The lowest BCUT2D eigenvalue weighted by atomic mass is 9.87. The average molecular weight is 321 g/mol. The number of nitrogens with zero attached hydrogens (tertiary/aromatic N) is 2. The van der Waals surface area contributed by atoms with E-state index in [1.54, 1.807) is 17.5 Å². The molecule has 24 heavy (non-hydrogen) atoms. The topological polar surface area (TPSA) is 67.2 Å². The first-order chi connectivity index (χ1) is 11.5. The maximum Gasteiger partial charge on any atom is 0.374 e. The van der Waals surface area contributed by atoms with Crippen molar-refractivity contribution in [3.8, 4) is 5.69 Å². The van der Waals surface area contributed by atoms with Crippen molar-refractivity contribution in [3.63, 3.8) is 0 Å². The third-order valence-electron chi connectivity index (χ3n) is 3.97. The van der Waals surface area contributed by atoms with Crippen LogP contribution >= 0.6 is 0 Å². The Labute approximate surface area is 141 Å². The van der Waals surface area contributed by atoms with E-state index >= 15 is 0 Å². The van der Waals surface area contributed by atoms with Crippen LogP contribution in [0.15, 0.2) is 53.3 Å². The largest absolute Gasteiger partial charge is 0.437 e. The number of aryl methyl sites for hydroxylation is 1. The molecule has 0 bridgehead atoms. The third kappa shape index (κ3) is 3.11. The molecule has 0 aliphatic carbocycles. The summed E-state index contributed by atoms with van der Waals surface area (Å²) in [4.78, 5) is 17.7. The molecule has 0 saturated carbocycles. The fraction of sp³-hybridized carbons (Fsp3) is 0.222. The molecule has 0 aliphatic rings. The normalized spacial score (nSPS) is 12.3. The Morgan fingerprint density at radius 2 is 1.83 bits per heavy atom. The number of para-hydroxylation sites is 1. The number of rotatable bonds is 4. The summed E-state index contributed by atoms with van der Waals surface area (Å²) < 4.78 is 1.61. The summed E-state index contributed by atoms with van der Waals surface area (Å²) in [6.45, 7) is 5.53. The van der Waals surface area contributed by atoms with Crippen LogP contribution in [0.25, 0.3) is 16.6 Å². The monoisotopic (exact) mass is 321 g/mol. The second-order valence-corrected chi connectivity index (χ2v) is 6.03. The van der Waals surface area contributed by atoms with Gasteiger partial charge in [-0.05, 0) is 44.9 Å². The van der Waals surface area contributed by atoms with Gasteiger partial charge in [0.1, 0.15) is 5.82 Å². The van der Waals surface area contributed by atoms with Crippen molar-refractivity contribution >= 4 is 18.0 Å². The van der Waals surface area contributed by atoms with Crippen molar-refractivity contribution in [1.82, 2.24) is 14.8 Å². The molecular formula is C18H20BN3O2. The van der Waals surface area contributed by atoms with Gasteiger partial charge in [-0.15, -0.1) is 0 Å². The number of nitrogens with one attached hydrogen (secondary N) is 1. The molecule has 1 aromatic heterocycles. The number of hydrogen-bond donors (Lipinski definition) is 2. The zero-order chi connectivity index (χ0) is 17.3. The van der Waals surface area contributed by atoms with Gasteiger partial charge in [-0.1, -0.05) is 29.8 Å². The van der Waals surface area contributed by atoms with E-state index in [-0.39, 0.29) is 11.6 Å². The molecule has 0 fully saturated rings. The smallest absolute Gasteiger partial charge is 0.374 e. The summed E-state index contributed by atoms with van der Waals surface area (Å²) in [7, 11) is -0.699. The second-order valence-electron chi connectivity index (χ2n) is 6.03. The Kier molecular flexibility index (Phi) is 4.51. The number of aromatic nitrogens is 2. The fourth-order valence-corrected chi connectivity index (χ4v) is 2.82. The lowest BCUT2D eigenvalue weighted by Crippen LogP contribution is -2.37. The summed E-state index contributed by atoms with van der Waals surface area (Å²) in [5, 5.41) is 13.2. The van der Waals surface area contributed by atoms with Crippen LogP contribution < -0.4 is 10.8 Å². The Balaban J connectivity index is 2.29. The van der Waals surface area contributed by atoms with E-state index < -0.39 is 7.05 Å². The van der Waals surface area contributed by atoms with Gasteiger partial charge in [-0.25, -0.2) is 4.98 Å². The predicted molar refractivity (Wildman–Crippen MR) is 97.5 cm³/mol. The molecule has 0 amide bonds. The quantitative estimate of drug-likeness (QED) is 0.725. The van der Waals surface area contributed by atoms with Crippen LogP contribution in [0, 0.1) is 6.92 Å². The lowest BCUT2D eigenvalue weighted by molar-refractivity contribution is 0.521. The van der Waals surface area contributed by atoms with E-state index in [1.165, 1.54) is 0 Å². The minimum atomic E-state index is -0.699. The molecule has 0 aliphatic heterocycles. The first-order valence-corrected chi connectivity index (χ1v) is 8.00. The van der Waals surface area contributed by atoms with Crippen molar-refractivity contribution < 1.29 is 5.02 Å². The summed E-state index contributed by atoms with van der Waals surface area (Å²) >= 11 is 0. The summed E-state index contributed by atoms with van der Waals surface area (Å²) in [6, 6.07) is 14.8. The molecule has 2 N–H and O–H groups in total. The molecule has 3 aromatic rings. The zero-order valence-electron chi connectivity index (χ0n) is 14.0. The molecule has 3 rings (SSSR count). The molecule has 0 radical (unpaired) electrons.